The Morgan fingerprint density at radius 1 is 1.43 bits per heavy atom. The van der Waals surface area contributed by atoms with E-state index in [2.05, 4.69) is 4.98 Å². The number of nitrogens with two attached hydrogens (primary N) is 1. The van der Waals surface area contributed by atoms with Gasteiger partial charge in [-0.25, -0.2) is 4.98 Å². The Morgan fingerprint density at radius 3 is 2.79 bits per heavy atom. The highest BCUT2D eigenvalue weighted by atomic mass is 35.5. The molecule has 0 atom stereocenters. The third kappa shape index (κ3) is 1.61. The predicted molar refractivity (Wildman–Crippen MR) is 61.7 cm³/mol. The summed E-state index contributed by atoms with van der Waals surface area (Å²) in [4.78, 5) is 4.23. The summed E-state index contributed by atoms with van der Waals surface area (Å²) in [6.45, 7) is 2.00. The van der Waals surface area contributed by atoms with Crippen LogP contribution in [-0.2, 0) is 0 Å². The van der Waals surface area contributed by atoms with E-state index in [1.54, 1.807) is 5.51 Å². The van der Waals surface area contributed by atoms with E-state index >= 15 is 0 Å². The second-order valence-corrected chi connectivity index (χ2v) is 4.35. The zero-order valence-corrected chi connectivity index (χ0v) is 9.19. The quantitative estimate of drug-likeness (QED) is 0.807. The van der Waals surface area contributed by atoms with Crippen molar-refractivity contribution >= 4 is 27.9 Å². The number of aryl methyl sites for hydroxylation is 1. The van der Waals surface area contributed by atoms with Gasteiger partial charge in [-0.1, -0.05) is 17.7 Å². The average molecular weight is 225 g/mol. The summed E-state index contributed by atoms with van der Waals surface area (Å²) in [6, 6.07) is 5.71. The maximum absolute atomic E-state index is 5.87. The normalized spacial score (nSPS) is 10.4. The number of nitrogens with zero attached hydrogens (tertiary/aromatic N) is 1. The molecule has 1 heterocycles. The van der Waals surface area contributed by atoms with Crippen LogP contribution >= 0.6 is 22.9 Å². The van der Waals surface area contributed by atoms with Crippen LogP contribution in [0.1, 0.15) is 5.56 Å². The molecule has 0 aliphatic heterocycles. The van der Waals surface area contributed by atoms with E-state index in [0.29, 0.717) is 0 Å². The molecule has 4 heteroatoms. The maximum Gasteiger partial charge on any atom is 0.114 e. The molecule has 0 spiro atoms. The molecular formula is C10H9ClN2S. The summed E-state index contributed by atoms with van der Waals surface area (Å²) in [5, 5.41) is 1.48. The van der Waals surface area contributed by atoms with Gasteiger partial charge in [0.1, 0.15) is 10.7 Å². The third-order valence-electron chi connectivity index (χ3n) is 2.04. The first-order valence-corrected chi connectivity index (χ1v) is 5.39. The summed E-state index contributed by atoms with van der Waals surface area (Å²) in [5.41, 5.74) is 10.5. The number of nitrogen functional groups attached to an aromatic ring is 1. The first-order chi connectivity index (χ1) is 6.68. The number of aromatic nitrogens is 1. The van der Waals surface area contributed by atoms with Gasteiger partial charge in [0.05, 0.1) is 5.51 Å². The van der Waals surface area contributed by atoms with Crippen molar-refractivity contribution in [2.45, 2.75) is 6.92 Å². The zero-order valence-electron chi connectivity index (χ0n) is 7.62. The van der Waals surface area contributed by atoms with E-state index in [1.807, 2.05) is 25.1 Å². The van der Waals surface area contributed by atoms with Crippen molar-refractivity contribution < 1.29 is 0 Å². The molecule has 0 fully saturated rings. The lowest BCUT2D eigenvalue weighted by Gasteiger charge is -2.03. The van der Waals surface area contributed by atoms with E-state index in [0.717, 1.165) is 26.8 Å². The Morgan fingerprint density at radius 2 is 2.21 bits per heavy atom. The highest BCUT2D eigenvalue weighted by Crippen LogP contribution is 2.31. The van der Waals surface area contributed by atoms with Gasteiger partial charge in [-0.3, -0.25) is 0 Å². The van der Waals surface area contributed by atoms with Gasteiger partial charge in [-0.15, -0.1) is 11.3 Å². The maximum atomic E-state index is 5.87. The molecule has 0 saturated carbocycles. The molecule has 72 valence electrons. The molecule has 0 amide bonds. The van der Waals surface area contributed by atoms with E-state index in [-0.39, 0.29) is 0 Å². The Balaban J connectivity index is 2.58. The molecule has 0 saturated heterocycles. The van der Waals surface area contributed by atoms with Crippen molar-refractivity contribution in [2.75, 3.05) is 5.73 Å². The van der Waals surface area contributed by atoms with Gasteiger partial charge in [0, 0.05) is 10.6 Å². The van der Waals surface area contributed by atoms with Crippen molar-refractivity contribution in [2.24, 2.45) is 0 Å². The summed E-state index contributed by atoms with van der Waals surface area (Å²) in [6.07, 6.45) is 0. The molecule has 1 aromatic carbocycles. The fourth-order valence-corrected chi connectivity index (χ4v) is 2.12. The number of thiazole rings is 1. The first kappa shape index (κ1) is 9.49. The zero-order chi connectivity index (χ0) is 10.1. The highest BCUT2D eigenvalue weighted by molar-refractivity contribution is 7.14. The Hall–Kier alpha value is -1.06. The van der Waals surface area contributed by atoms with Gasteiger partial charge >= 0.3 is 0 Å². The number of hydrogen-bond donors (Lipinski definition) is 1. The summed E-state index contributed by atoms with van der Waals surface area (Å²) < 4.78 is 0. The number of benzene rings is 1. The lowest BCUT2D eigenvalue weighted by Crippen LogP contribution is -1.88. The Labute approximate surface area is 91.4 Å². The van der Waals surface area contributed by atoms with Gasteiger partial charge in [-0.05, 0) is 24.6 Å². The van der Waals surface area contributed by atoms with Gasteiger partial charge in [0.2, 0.25) is 0 Å². The smallest absolute Gasteiger partial charge is 0.114 e. The largest absolute Gasteiger partial charge is 0.389 e. The van der Waals surface area contributed by atoms with E-state index in [1.165, 1.54) is 11.3 Å². The van der Waals surface area contributed by atoms with Crippen LogP contribution in [0.25, 0.3) is 11.3 Å². The molecule has 0 aliphatic carbocycles. The third-order valence-corrected chi connectivity index (χ3v) is 2.93. The second-order valence-electron chi connectivity index (χ2n) is 3.02. The number of halogens is 1. The molecule has 2 rings (SSSR count). The Kier molecular flexibility index (Phi) is 2.44. The summed E-state index contributed by atoms with van der Waals surface area (Å²) in [5.74, 6) is 0. The van der Waals surface area contributed by atoms with E-state index in [4.69, 9.17) is 17.3 Å². The van der Waals surface area contributed by atoms with Crippen molar-refractivity contribution in [3.05, 3.63) is 34.3 Å². The number of rotatable bonds is 1. The van der Waals surface area contributed by atoms with Crippen LogP contribution in [0.4, 0.5) is 5.00 Å². The van der Waals surface area contributed by atoms with Crippen LogP contribution in [-0.4, -0.2) is 4.98 Å². The lowest BCUT2D eigenvalue weighted by atomic mass is 10.1. The summed E-state index contributed by atoms with van der Waals surface area (Å²) in [7, 11) is 0. The molecule has 0 unspecified atom stereocenters. The van der Waals surface area contributed by atoms with Gasteiger partial charge in [0.15, 0.2) is 0 Å². The minimum Gasteiger partial charge on any atom is -0.389 e. The predicted octanol–water partition coefficient (Wildman–Crippen LogP) is 3.35. The molecule has 2 nitrogen and oxygen atoms in total. The van der Waals surface area contributed by atoms with E-state index in [9.17, 15) is 0 Å². The monoisotopic (exact) mass is 224 g/mol. The van der Waals surface area contributed by atoms with Crippen LogP contribution in [0.3, 0.4) is 0 Å². The van der Waals surface area contributed by atoms with E-state index < -0.39 is 0 Å². The number of hydrogen-bond acceptors (Lipinski definition) is 3. The topological polar surface area (TPSA) is 38.9 Å². The van der Waals surface area contributed by atoms with Crippen molar-refractivity contribution in [3.63, 3.8) is 0 Å². The van der Waals surface area contributed by atoms with Crippen LogP contribution in [0.5, 0.6) is 0 Å². The fraction of sp³-hybridized carbons (Fsp3) is 0.100. The molecule has 0 aliphatic rings. The van der Waals surface area contributed by atoms with Gasteiger partial charge in [0.25, 0.3) is 0 Å². The van der Waals surface area contributed by atoms with Crippen molar-refractivity contribution in [1.82, 2.24) is 4.98 Å². The molecule has 0 radical (unpaired) electrons. The number of anilines is 1. The first-order valence-electron chi connectivity index (χ1n) is 4.14. The average Bonchev–Trinajstić information content (AvgIpc) is 2.52. The molecular weight excluding hydrogens is 216 g/mol. The fourth-order valence-electron chi connectivity index (χ4n) is 1.35. The SMILES string of the molecule is Cc1cc(Cl)ccc1-c1ncsc1N. The molecule has 2 aromatic rings. The van der Waals surface area contributed by atoms with Crippen molar-refractivity contribution in [1.29, 1.82) is 0 Å². The molecule has 14 heavy (non-hydrogen) atoms. The van der Waals surface area contributed by atoms with Gasteiger partial charge < -0.3 is 5.73 Å². The van der Waals surface area contributed by atoms with Crippen LogP contribution < -0.4 is 5.73 Å². The molecule has 0 bridgehead atoms. The Bertz CT molecular complexity index is 465. The lowest BCUT2D eigenvalue weighted by molar-refractivity contribution is 1.37. The van der Waals surface area contributed by atoms with Crippen LogP contribution in [0.2, 0.25) is 5.02 Å². The van der Waals surface area contributed by atoms with Crippen LogP contribution in [0.15, 0.2) is 23.7 Å². The minimum absolute atomic E-state index is 0.736. The molecule has 2 N–H and O–H groups in total. The second kappa shape index (κ2) is 3.59. The standard InChI is InChI=1S/C10H9ClN2S/c1-6-4-7(11)2-3-8(6)9-10(12)14-5-13-9/h2-5H,12H2,1H3. The van der Waals surface area contributed by atoms with Crippen molar-refractivity contribution in [3.8, 4) is 11.3 Å². The minimum atomic E-state index is 0.736. The van der Waals surface area contributed by atoms with Gasteiger partial charge in [-0.2, -0.15) is 0 Å². The molecule has 1 aromatic heterocycles. The summed E-state index contributed by atoms with van der Waals surface area (Å²) >= 11 is 7.31. The van der Waals surface area contributed by atoms with Crippen LogP contribution in [0, 0.1) is 6.92 Å². The highest BCUT2D eigenvalue weighted by Gasteiger charge is 2.08.